The van der Waals surface area contributed by atoms with E-state index >= 15 is 0 Å². The number of unbranched alkanes of at least 4 members (excludes halogenated alkanes) is 1. The van der Waals surface area contributed by atoms with Gasteiger partial charge in [0, 0.05) is 22.9 Å². The number of carbonyl (C=O) groups is 8. The number of H-pyrrole nitrogens is 1. The number of aliphatic hydroxyl groups is 1. The van der Waals surface area contributed by atoms with Crippen LogP contribution in [-0.4, -0.2) is 131 Å². The first-order chi connectivity index (χ1) is 27.9. The molecule has 1 aromatic heterocycles. The maximum atomic E-state index is 13.2. The van der Waals surface area contributed by atoms with Crippen molar-refractivity contribution >= 4 is 70.9 Å². The van der Waals surface area contributed by atoms with E-state index in [9.17, 15) is 48.6 Å². The van der Waals surface area contributed by atoms with E-state index in [-0.39, 0.29) is 30.9 Å². The van der Waals surface area contributed by atoms with E-state index in [1.807, 2.05) is 24.3 Å². The third kappa shape index (κ3) is 16.9. The minimum absolute atomic E-state index is 0.113. The Morgan fingerprint density at radius 1 is 0.746 bits per heavy atom. The Hall–Kier alpha value is -5.25. The molecule has 0 aliphatic carbocycles. The summed E-state index contributed by atoms with van der Waals surface area (Å²) in [6, 6.07) is 0.376. The third-order valence-electron chi connectivity index (χ3n) is 9.11. The number of para-hydroxylation sites is 1. The number of hydrogen-bond acceptors (Lipinski definition) is 12. The fourth-order valence-corrected chi connectivity index (χ4v) is 6.13. The largest absolute Gasteiger partial charge is 0.480 e. The number of carbonyl (C=O) groups excluding carboxylic acids is 7. The Morgan fingerprint density at radius 3 is 1.92 bits per heavy atom. The van der Waals surface area contributed by atoms with Crippen molar-refractivity contribution in [1.82, 2.24) is 42.2 Å². The number of aliphatic carboxylic acids is 1. The van der Waals surface area contributed by atoms with Gasteiger partial charge in [-0.05, 0) is 62.1 Å². The number of nitrogens with two attached hydrogens (primary N) is 2. The summed E-state index contributed by atoms with van der Waals surface area (Å²) >= 11 is 4.12. The molecule has 2 aromatic rings. The fourth-order valence-electron chi connectivity index (χ4n) is 5.87. The topological polar surface area (TPSA) is 329 Å². The van der Waals surface area contributed by atoms with Crippen molar-refractivity contribution in [3.05, 3.63) is 36.0 Å². The first-order valence-corrected chi connectivity index (χ1v) is 20.1. The van der Waals surface area contributed by atoms with Gasteiger partial charge in [0.2, 0.25) is 41.4 Å². The summed E-state index contributed by atoms with van der Waals surface area (Å²) in [7, 11) is 0. The predicted octanol–water partition coefficient (Wildman–Crippen LogP) is -2.47. The van der Waals surface area contributed by atoms with Gasteiger partial charge in [-0.15, -0.1) is 0 Å². The zero-order chi connectivity index (χ0) is 44.2. The van der Waals surface area contributed by atoms with Crippen molar-refractivity contribution in [2.45, 2.75) is 96.1 Å². The van der Waals surface area contributed by atoms with Gasteiger partial charge in [-0.2, -0.15) is 12.6 Å². The van der Waals surface area contributed by atoms with Crippen molar-refractivity contribution in [2.75, 3.05) is 32.0 Å². The van der Waals surface area contributed by atoms with Crippen LogP contribution in [0.5, 0.6) is 0 Å². The molecule has 20 nitrogen and oxygen atoms in total. The Morgan fingerprint density at radius 2 is 1.34 bits per heavy atom. The smallest absolute Gasteiger partial charge is 0.326 e. The van der Waals surface area contributed by atoms with Crippen LogP contribution in [0.1, 0.15) is 58.9 Å². The number of aliphatic hydroxyl groups excluding tert-OH is 1. The van der Waals surface area contributed by atoms with E-state index < -0.39 is 109 Å². The molecular weight excluding hydrogens is 789 g/mol. The van der Waals surface area contributed by atoms with Crippen LogP contribution in [0.4, 0.5) is 0 Å². The number of rotatable bonds is 26. The summed E-state index contributed by atoms with van der Waals surface area (Å²) in [6.07, 6.45) is 3.25. The number of carboxylic acid groups (broad SMARTS) is 1. The van der Waals surface area contributed by atoms with Gasteiger partial charge in [0.15, 0.2) is 0 Å². The molecule has 1 heterocycles. The minimum Gasteiger partial charge on any atom is -0.480 e. The molecule has 0 saturated carbocycles. The number of thiol groups is 1. The average molecular weight is 849 g/mol. The molecule has 21 heteroatoms. The zero-order valence-corrected chi connectivity index (χ0v) is 34.7. The van der Waals surface area contributed by atoms with Crippen LogP contribution >= 0.6 is 12.6 Å². The van der Waals surface area contributed by atoms with Gasteiger partial charge in [0.1, 0.15) is 30.2 Å². The first kappa shape index (κ1) is 49.9. The Kier molecular flexibility index (Phi) is 21.4. The van der Waals surface area contributed by atoms with E-state index in [2.05, 4.69) is 54.8 Å². The third-order valence-corrected chi connectivity index (χ3v) is 9.48. The van der Waals surface area contributed by atoms with E-state index in [0.29, 0.717) is 19.4 Å². The van der Waals surface area contributed by atoms with Gasteiger partial charge >= 0.3 is 5.97 Å². The lowest BCUT2D eigenvalue weighted by Crippen LogP contribution is -2.58. The lowest BCUT2D eigenvalue weighted by atomic mass is 10.0. The van der Waals surface area contributed by atoms with Gasteiger partial charge in [-0.25, -0.2) is 4.79 Å². The molecule has 2 rings (SSSR count). The normalized spacial score (nSPS) is 14.3. The number of benzene rings is 1. The van der Waals surface area contributed by atoms with Crippen molar-refractivity contribution in [2.24, 2.45) is 23.3 Å². The molecule has 328 valence electrons. The number of aromatic nitrogens is 1. The Balaban J connectivity index is 1.90. The molecular formula is C38H60N10O10S. The molecule has 59 heavy (non-hydrogen) atoms. The summed E-state index contributed by atoms with van der Waals surface area (Å²) in [6.45, 7) is 5.17. The molecule has 0 fully saturated rings. The van der Waals surface area contributed by atoms with Crippen molar-refractivity contribution in [3.8, 4) is 0 Å². The van der Waals surface area contributed by atoms with Crippen LogP contribution in [0.2, 0.25) is 0 Å². The van der Waals surface area contributed by atoms with Crippen LogP contribution in [0.15, 0.2) is 30.5 Å². The van der Waals surface area contributed by atoms with Crippen molar-refractivity contribution in [1.29, 1.82) is 0 Å². The molecule has 0 radical (unpaired) electrons. The number of amides is 7. The van der Waals surface area contributed by atoms with Crippen LogP contribution in [-0.2, 0) is 44.8 Å². The molecule has 0 saturated heterocycles. The Labute approximate surface area is 348 Å². The van der Waals surface area contributed by atoms with Gasteiger partial charge < -0.3 is 63.9 Å². The van der Waals surface area contributed by atoms with Gasteiger partial charge in [-0.3, -0.25) is 33.6 Å². The van der Waals surface area contributed by atoms with Gasteiger partial charge in [0.25, 0.3) is 0 Å². The fraction of sp³-hybridized carbons (Fsp3) is 0.579. The van der Waals surface area contributed by atoms with Gasteiger partial charge in [0.05, 0.1) is 25.7 Å². The van der Waals surface area contributed by atoms with Crippen LogP contribution in [0.25, 0.3) is 10.9 Å². The van der Waals surface area contributed by atoms with E-state index in [0.717, 1.165) is 16.5 Å². The molecule has 0 unspecified atom stereocenters. The highest BCUT2D eigenvalue weighted by Crippen LogP contribution is 2.19. The number of carboxylic acids is 1. The summed E-state index contributed by atoms with van der Waals surface area (Å²) in [5.74, 6) is -7.35. The second-order valence-electron chi connectivity index (χ2n) is 14.8. The van der Waals surface area contributed by atoms with Crippen LogP contribution in [0, 0.1) is 11.8 Å². The standard InChI is InChI=1S/C38H60N10O10S/c1-20(2)13-27(35(54)47-29(19-59)36(55)46-26(38(57)58)11-7-8-12-39)44-30(50)16-42-34(53)28(18-49)45-31(51)17-43-37(56)32(21(3)4)48-33(52)24(40)14-22-15-41-25-10-6-5-9-23(22)25/h5-6,9-10,15,20-21,24,26-29,32,41,49,59H,7-8,11-14,16-19,39-40H2,1-4H3,(H,42,53)(H,43,56)(H,44,50)(H,45,51)(H,46,55)(H,47,54)(H,48,52)(H,57,58)/t24-,26-,27-,28-,29-,32-/m0/s1. The average Bonchev–Trinajstić information content (AvgIpc) is 3.60. The minimum atomic E-state index is -1.52. The maximum Gasteiger partial charge on any atom is 0.326 e. The molecule has 7 amide bonds. The highest BCUT2D eigenvalue weighted by atomic mass is 32.1. The quantitative estimate of drug-likeness (QED) is 0.0346. The zero-order valence-electron chi connectivity index (χ0n) is 33.8. The highest BCUT2D eigenvalue weighted by molar-refractivity contribution is 7.80. The lowest BCUT2D eigenvalue weighted by molar-refractivity contribution is -0.142. The predicted molar refractivity (Wildman–Crippen MR) is 221 cm³/mol. The first-order valence-electron chi connectivity index (χ1n) is 19.4. The molecule has 0 aliphatic heterocycles. The lowest BCUT2D eigenvalue weighted by Gasteiger charge is -2.25. The molecule has 6 atom stereocenters. The van der Waals surface area contributed by atoms with E-state index in [1.165, 1.54) is 0 Å². The van der Waals surface area contributed by atoms with Gasteiger partial charge in [-0.1, -0.05) is 45.9 Å². The van der Waals surface area contributed by atoms with E-state index in [4.69, 9.17) is 11.5 Å². The Bertz CT molecular complexity index is 1760. The van der Waals surface area contributed by atoms with Crippen molar-refractivity contribution in [3.63, 3.8) is 0 Å². The van der Waals surface area contributed by atoms with Crippen LogP contribution in [0.3, 0.4) is 0 Å². The number of fused-ring (bicyclic) bond motifs is 1. The summed E-state index contributed by atoms with van der Waals surface area (Å²) in [5.41, 5.74) is 13.4. The highest BCUT2D eigenvalue weighted by Gasteiger charge is 2.31. The van der Waals surface area contributed by atoms with Crippen LogP contribution < -0.4 is 48.7 Å². The second-order valence-corrected chi connectivity index (χ2v) is 15.2. The maximum absolute atomic E-state index is 13.2. The van der Waals surface area contributed by atoms with E-state index in [1.54, 1.807) is 33.9 Å². The number of aromatic amines is 1. The molecule has 0 bridgehead atoms. The molecule has 1 aromatic carbocycles. The molecule has 0 spiro atoms. The summed E-state index contributed by atoms with van der Waals surface area (Å²) in [4.78, 5) is 105. The second kappa shape index (κ2) is 25.3. The number of hydrogen-bond donors (Lipinski definition) is 13. The molecule has 14 N–H and O–H groups in total. The number of nitrogens with one attached hydrogen (secondary N) is 8. The van der Waals surface area contributed by atoms with Crippen molar-refractivity contribution < 1.29 is 48.6 Å². The SMILES string of the molecule is CC(C)C[C@H](NC(=O)CNC(=O)[C@H](CO)NC(=O)CNC(=O)[C@@H](NC(=O)[C@@H](N)Cc1c[nH]c2ccccc12)C(C)C)C(=O)N[C@@H](CS)C(=O)N[C@@H](CCCCN)C(=O)O. The monoisotopic (exact) mass is 848 g/mol. The summed E-state index contributed by atoms with van der Waals surface area (Å²) < 4.78 is 0. The molecule has 0 aliphatic rings. The summed E-state index contributed by atoms with van der Waals surface area (Å²) in [5, 5.41) is 37.1.